The highest BCUT2D eigenvalue weighted by Gasteiger charge is 2.15. The van der Waals surface area contributed by atoms with Crippen LogP contribution >= 0.6 is 28.3 Å². The number of phenolic OH excluding ortho intramolecular Hbond substituents is 1. The minimum Gasteiger partial charge on any atom is -0.508 e. The van der Waals surface area contributed by atoms with Crippen LogP contribution in [0.5, 0.6) is 5.75 Å². The van der Waals surface area contributed by atoms with E-state index in [9.17, 15) is 9.90 Å². The second kappa shape index (κ2) is 6.73. The van der Waals surface area contributed by atoms with Gasteiger partial charge in [-0.05, 0) is 18.2 Å². The first-order valence-corrected chi connectivity index (χ1v) is 5.14. The van der Waals surface area contributed by atoms with Gasteiger partial charge in [-0.15, -0.1) is 12.4 Å². The van der Waals surface area contributed by atoms with Crippen molar-refractivity contribution in [1.29, 1.82) is 0 Å². The van der Waals surface area contributed by atoms with Gasteiger partial charge in [0.05, 0.1) is 13.5 Å². The van der Waals surface area contributed by atoms with E-state index >= 15 is 0 Å². The molecular formula is C10H13BrClNO3. The Bertz CT molecular complexity index is 373. The quantitative estimate of drug-likeness (QED) is 0.839. The minimum absolute atomic E-state index is 0. The van der Waals surface area contributed by atoms with Gasteiger partial charge in [0.1, 0.15) is 5.75 Å². The van der Waals surface area contributed by atoms with E-state index in [-0.39, 0.29) is 24.6 Å². The van der Waals surface area contributed by atoms with Crippen LogP contribution in [0.4, 0.5) is 0 Å². The highest BCUT2D eigenvalue weighted by atomic mass is 79.9. The van der Waals surface area contributed by atoms with Gasteiger partial charge in [0.15, 0.2) is 0 Å². The first-order chi connectivity index (χ1) is 7.04. The predicted octanol–water partition coefficient (Wildman–Crippen LogP) is 2.14. The Kier molecular flexibility index (Phi) is 6.40. The zero-order valence-corrected chi connectivity index (χ0v) is 11.0. The van der Waals surface area contributed by atoms with Crippen molar-refractivity contribution < 1.29 is 14.6 Å². The molecule has 0 aliphatic rings. The lowest BCUT2D eigenvalue weighted by Crippen LogP contribution is -2.16. The Hall–Kier alpha value is -0.780. The molecule has 16 heavy (non-hydrogen) atoms. The molecule has 0 saturated heterocycles. The summed E-state index contributed by atoms with van der Waals surface area (Å²) in [5.41, 5.74) is 6.28. The molecule has 0 saturated carbocycles. The van der Waals surface area contributed by atoms with Gasteiger partial charge >= 0.3 is 5.97 Å². The SMILES string of the molecule is COC(=O)C[C@@H](N)c1cc(Br)ccc1O.Cl. The molecule has 4 nitrogen and oxygen atoms in total. The first-order valence-electron chi connectivity index (χ1n) is 4.35. The number of carbonyl (C=O) groups excluding carboxylic acids is 1. The van der Waals surface area contributed by atoms with Gasteiger partial charge in [0.2, 0.25) is 0 Å². The zero-order valence-electron chi connectivity index (χ0n) is 8.64. The van der Waals surface area contributed by atoms with Gasteiger partial charge in [-0.25, -0.2) is 0 Å². The van der Waals surface area contributed by atoms with E-state index in [4.69, 9.17) is 5.73 Å². The molecule has 1 aromatic rings. The van der Waals surface area contributed by atoms with Crippen molar-refractivity contribution in [2.24, 2.45) is 5.73 Å². The summed E-state index contributed by atoms with van der Waals surface area (Å²) in [5, 5.41) is 9.54. The van der Waals surface area contributed by atoms with Crippen molar-refractivity contribution in [2.75, 3.05) is 7.11 Å². The van der Waals surface area contributed by atoms with Gasteiger partial charge in [-0.3, -0.25) is 4.79 Å². The smallest absolute Gasteiger partial charge is 0.307 e. The molecule has 0 fully saturated rings. The normalized spacial score (nSPS) is 11.4. The number of hydrogen-bond acceptors (Lipinski definition) is 4. The maximum atomic E-state index is 11.0. The van der Waals surface area contributed by atoms with Crippen LogP contribution in [0.15, 0.2) is 22.7 Å². The zero-order chi connectivity index (χ0) is 11.4. The van der Waals surface area contributed by atoms with Gasteiger partial charge in [0, 0.05) is 16.1 Å². The van der Waals surface area contributed by atoms with E-state index in [0.29, 0.717) is 5.56 Å². The lowest BCUT2D eigenvalue weighted by molar-refractivity contribution is -0.141. The molecule has 0 unspecified atom stereocenters. The molecule has 1 atom stereocenters. The number of halogens is 2. The molecule has 0 aliphatic carbocycles. The Labute approximate surface area is 108 Å². The lowest BCUT2D eigenvalue weighted by atomic mass is 10.0. The number of benzene rings is 1. The second-order valence-corrected chi connectivity index (χ2v) is 4.01. The topological polar surface area (TPSA) is 72.5 Å². The molecule has 0 radical (unpaired) electrons. The molecular weight excluding hydrogens is 297 g/mol. The van der Waals surface area contributed by atoms with E-state index in [2.05, 4.69) is 20.7 Å². The van der Waals surface area contributed by atoms with Gasteiger partial charge in [-0.1, -0.05) is 15.9 Å². The third kappa shape index (κ3) is 4.00. The van der Waals surface area contributed by atoms with E-state index in [1.54, 1.807) is 12.1 Å². The van der Waals surface area contributed by atoms with Crippen LogP contribution in [0.2, 0.25) is 0 Å². The Morgan fingerprint density at radius 2 is 2.25 bits per heavy atom. The molecule has 0 heterocycles. The Morgan fingerprint density at radius 3 is 2.81 bits per heavy atom. The number of carbonyl (C=O) groups is 1. The standard InChI is InChI=1S/C10H12BrNO3.ClH/c1-15-10(14)5-8(12)7-4-6(11)2-3-9(7)13;/h2-4,8,13H,5,12H2,1H3;1H/t8-;/m1./s1. The summed E-state index contributed by atoms with van der Waals surface area (Å²) in [6.07, 6.45) is 0.0422. The van der Waals surface area contributed by atoms with Crippen LogP contribution in [-0.4, -0.2) is 18.2 Å². The average molecular weight is 311 g/mol. The summed E-state index contributed by atoms with van der Waals surface area (Å²) in [6.45, 7) is 0. The van der Waals surface area contributed by atoms with E-state index in [1.165, 1.54) is 13.2 Å². The van der Waals surface area contributed by atoms with Crippen LogP contribution in [0.3, 0.4) is 0 Å². The fourth-order valence-corrected chi connectivity index (χ4v) is 1.57. The molecule has 1 rings (SSSR count). The lowest BCUT2D eigenvalue weighted by Gasteiger charge is -2.12. The van der Waals surface area contributed by atoms with Crippen molar-refractivity contribution in [3.8, 4) is 5.75 Å². The monoisotopic (exact) mass is 309 g/mol. The molecule has 0 aliphatic heterocycles. The molecule has 90 valence electrons. The van der Waals surface area contributed by atoms with Crippen LogP contribution in [0.25, 0.3) is 0 Å². The van der Waals surface area contributed by atoms with Crippen LogP contribution in [0, 0.1) is 0 Å². The Balaban J connectivity index is 0.00000225. The van der Waals surface area contributed by atoms with Crippen molar-refractivity contribution in [1.82, 2.24) is 0 Å². The number of ether oxygens (including phenoxy) is 1. The summed E-state index contributed by atoms with van der Waals surface area (Å²) in [6, 6.07) is 4.35. The second-order valence-electron chi connectivity index (χ2n) is 3.09. The number of esters is 1. The number of methoxy groups -OCH3 is 1. The fraction of sp³-hybridized carbons (Fsp3) is 0.300. The van der Waals surface area contributed by atoms with Gasteiger partial charge < -0.3 is 15.6 Å². The molecule has 1 aromatic carbocycles. The molecule has 0 bridgehead atoms. The summed E-state index contributed by atoms with van der Waals surface area (Å²) in [5.74, 6) is -0.323. The molecule has 0 amide bonds. The summed E-state index contributed by atoms with van der Waals surface area (Å²) in [4.78, 5) is 11.0. The number of aromatic hydroxyl groups is 1. The van der Waals surface area contributed by atoms with Gasteiger partial charge in [-0.2, -0.15) is 0 Å². The number of rotatable bonds is 3. The summed E-state index contributed by atoms with van der Waals surface area (Å²) < 4.78 is 5.30. The minimum atomic E-state index is -0.560. The molecule has 3 N–H and O–H groups in total. The predicted molar refractivity (Wildman–Crippen MR) is 66.6 cm³/mol. The molecule has 0 spiro atoms. The van der Waals surface area contributed by atoms with Crippen molar-refractivity contribution in [3.05, 3.63) is 28.2 Å². The van der Waals surface area contributed by atoms with Gasteiger partial charge in [0.25, 0.3) is 0 Å². The van der Waals surface area contributed by atoms with E-state index in [0.717, 1.165) is 4.47 Å². The number of phenols is 1. The van der Waals surface area contributed by atoms with E-state index < -0.39 is 12.0 Å². The van der Waals surface area contributed by atoms with Crippen LogP contribution < -0.4 is 5.73 Å². The highest BCUT2D eigenvalue weighted by molar-refractivity contribution is 9.10. The summed E-state index contributed by atoms with van der Waals surface area (Å²) >= 11 is 3.27. The third-order valence-electron chi connectivity index (χ3n) is 2.00. The van der Waals surface area contributed by atoms with Crippen LogP contribution in [-0.2, 0) is 9.53 Å². The third-order valence-corrected chi connectivity index (χ3v) is 2.50. The van der Waals surface area contributed by atoms with Crippen molar-refractivity contribution in [3.63, 3.8) is 0 Å². The summed E-state index contributed by atoms with van der Waals surface area (Å²) in [7, 11) is 1.30. The largest absolute Gasteiger partial charge is 0.508 e. The van der Waals surface area contributed by atoms with Crippen molar-refractivity contribution in [2.45, 2.75) is 12.5 Å². The molecule has 6 heteroatoms. The number of hydrogen-bond donors (Lipinski definition) is 2. The maximum absolute atomic E-state index is 11.0. The first kappa shape index (κ1) is 15.2. The van der Waals surface area contributed by atoms with Crippen molar-refractivity contribution >= 4 is 34.3 Å². The molecule has 0 aromatic heterocycles. The van der Waals surface area contributed by atoms with E-state index in [1.807, 2.05) is 0 Å². The van der Waals surface area contributed by atoms with Crippen LogP contribution in [0.1, 0.15) is 18.0 Å². The Morgan fingerprint density at radius 1 is 1.62 bits per heavy atom. The maximum Gasteiger partial charge on any atom is 0.307 e. The number of nitrogens with two attached hydrogens (primary N) is 1. The fourth-order valence-electron chi connectivity index (χ4n) is 1.20. The highest BCUT2D eigenvalue weighted by Crippen LogP contribution is 2.28. The average Bonchev–Trinajstić information content (AvgIpc) is 2.21.